The van der Waals surface area contributed by atoms with Crippen molar-refractivity contribution in [1.82, 2.24) is 0 Å². The first-order chi connectivity index (χ1) is 8.47. The van der Waals surface area contributed by atoms with Crippen LogP contribution in [0.3, 0.4) is 0 Å². The van der Waals surface area contributed by atoms with Crippen molar-refractivity contribution in [2.45, 2.75) is 25.9 Å². The van der Waals surface area contributed by atoms with Gasteiger partial charge in [-0.2, -0.15) is 0 Å². The van der Waals surface area contributed by atoms with Crippen LogP contribution in [-0.4, -0.2) is 30.1 Å². The maximum absolute atomic E-state index is 10.7. The van der Waals surface area contributed by atoms with E-state index in [-0.39, 0.29) is 5.69 Å². The van der Waals surface area contributed by atoms with E-state index in [1.165, 1.54) is 12.1 Å². The van der Waals surface area contributed by atoms with Crippen LogP contribution in [0.25, 0.3) is 0 Å². The van der Waals surface area contributed by atoms with Gasteiger partial charge in [0.05, 0.1) is 28.7 Å². The van der Waals surface area contributed by atoms with Crippen LogP contribution in [0.4, 0.5) is 11.4 Å². The molecule has 0 unspecified atom stereocenters. The molecule has 2 atom stereocenters. The highest BCUT2D eigenvalue weighted by atomic mass is 35.5. The molecule has 1 saturated heterocycles. The topological polar surface area (TPSA) is 63.0 Å². The Hall–Kier alpha value is -1.33. The number of non-ortho nitro benzene ring substituents is 1. The van der Waals surface area contributed by atoms with Gasteiger partial charge in [0, 0.05) is 12.1 Å². The first-order valence-corrected chi connectivity index (χ1v) is 6.39. The maximum atomic E-state index is 10.7. The SMILES string of the molecule is C[C@@H]1CN(c2ccc([N+](=O)[O-])cc2Cl)C[C@@H](C)[NH2+]1. The Labute approximate surface area is 111 Å². The molecular formula is C12H17ClN3O2+. The van der Waals surface area contributed by atoms with Crippen molar-refractivity contribution in [3.05, 3.63) is 33.3 Å². The lowest BCUT2D eigenvalue weighted by molar-refractivity contribution is -0.716. The van der Waals surface area contributed by atoms with E-state index in [2.05, 4.69) is 24.1 Å². The predicted molar refractivity (Wildman–Crippen MR) is 71.2 cm³/mol. The lowest BCUT2D eigenvalue weighted by Gasteiger charge is -2.35. The molecule has 1 heterocycles. The summed E-state index contributed by atoms with van der Waals surface area (Å²) in [5, 5.41) is 13.5. The van der Waals surface area contributed by atoms with E-state index in [1.54, 1.807) is 6.07 Å². The largest absolute Gasteiger partial charge is 0.358 e. The summed E-state index contributed by atoms with van der Waals surface area (Å²) in [4.78, 5) is 12.4. The van der Waals surface area contributed by atoms with E-state index >= 15 is 0 Å². The second kappa shape index (κ2) is 5.12. The number of halogens is 1. The molecule has 0 saturated carbocycles. The Morgan fingerprint density at radius 1 is 1.39 bits per heavy atom. The molecule has 1 aromatic carbocycles. The Morgan fingerprint density at radius 3 is 2.50 bits per heavy atom. The van der Waals surface area contributed by atoms with Crippen LogP contribution < -0.4 is 10.2 Å². The lowest BCUT2D eigenvalue weighted by Crippen LogP contribution is -2.99. The summed E-state index contributed by atoms with van der Waals surface area (Å²) >= 11 is 6.15. The minimum atomic E-state index is -0.426. The van der Waals surface area contributed by atoms with Gasteiger partial charge in [-0.15, -0.1) is 0 Å². The van der Waals surface area contributed by atoms with E-state index in [0.717, 1.165) is 18.8 Å². The molecular weight excluding hydrogens is 254 g/mol. The third-order valence-corrected chi connectivity index (χ3v) is 3.46. The number of nitro groups is 1. The van der Waals surface area contributed by atoms with Gasteiger partial charge in [-0.1, -0.05) is 11.6 Å². The summed E-state index contributed by atoms with van der Waals surface area (Å²) in [5.74, 6) is 0. The van der Waals surface area contributed by atoms with Gasteiger partial charge in [-0.3, -0.25) is 10.1 Å². The molecule has 0 aromatic heterocycles. The number of nitrogens with zero attached hydrogens (tertiary/aromatic N) is 2. The standard InChI is InChI=1S/C12H16ClN3O2/c1-8-6-15(7-9(2)14-8)12-4-3-10(16(17)18)5-11(12)13/h3-5,8-9,14H,6-7H2,1-2H3/p+1/t8-,9-/m1/s1. The molecule has 98 valence electrons. The van der Waals surface area contributed by atoms with E-state index in [1.807, 2.05) is 0 Å². The summed E-state index contributed by atoms with van der Waals surface area (Å²) in [6.07, 6.45) is 0. The molecule has 18 heavy (non-hydrogen) atoms. The lowest BCUT2D eigenvalue weighted by atomic mass is 10.1. The van der Waals surface area contributed by atoms with E-state index in [0.29, 0.717) is 17.1 Å². The molecule has 0 spiro atoms. The van der Waals surface area contributed by atoms with Gasteiger partial charge in [0.1, 0.15) is 12.1 Å². The molecule has 1 aliphatic heterocycles. The molecule has 0 amide bonds. The molecule has 5 nitrogen and oxygen atoms in total. The second-order valence-electron chi connectivity index (χ2n) is 4.94. The van der Waals surface area contributed by atoms with Crippen molar-refractivity contribution in [3.8, 4) is 0 Å². The van der Waals surface area contributed by atoms with Gasteiger partial charge >= 0.3 is 0 Å². The number of rotatable bonds is 2. The summed E-state index contributed by atoms with van der Waals surface area (Å²) in [7, 11) is 0. The number of benzene rings is 1. The fourth-order valence-corrected chi connectivity index (χ4v) is 2.81. The van der Waals surface area contributed by atoms with Gasteiger partial charge in [0.15, 0.2) is 0 Å². The molecule has 0 bridgehead atoms. The fourth-order valence-electron chi connectivity index (χ4n) is 2.51. The number of piperazine rings is 1. The zero-order valence-corrected chi connectivity index (χ0v) is 11.2. The molecule has 1 aromatic rings. The number of hydrogen-bond acceptors (Lipinski definition) is 3. The molecule has 1 aliphatic rings. The van der Waals surface area contributed by atoms with Crippen LogP contribution in [0.2, 0.25) is 5.02 Å². The van der Waals surface area contributed by atoms with Crippen LogP contribution in [0, 0.1) is 10.1 Å². The van der Waals surface area contributed by atoms with E-state index in [4.69, 9.17) is 11.6 Å². The van der Waals surface area contributed by atoms with Crippen LogP contribution in [0.1, 0.15) is 13.8 Å². The van der Waals surface area contributed by atoms with Crippen LogP contribution in [0.15, 0.2) is 18.2 Å². The van der Waals surface area contributed by atoms with Gasteiger partial charge in [0.25, 0.3) is 5.69 Å². The smallest absolute Gasteiger partial charge is 0.271 e. The fraction of sp³-hybridized carbons (Fsp3) is 0.500. The monoisotopic (exact) mass is 270 g/mol. The summed E-state index contributed by atoms with van der Waals surface area (Å²) in [6.45, 7) is 6.15. The first kappa shape index (κ1) is 13.1. The first-order valence-electron chi connectivity index (χ1n) is 6.01. The highest BCUT2D eigenvalue weighted by Gasteiger charge is 2.26. The zero-order valence-electron chi connectivity index (χ0n) is 10.5. The van der Waals surface area contributed by atoms with E-state index in [9.17, 15) is 10.1 Å². The average Bonchev–Trinajstić information content (AvgIpc) is 2.27. The molecule has 6 heteroatoms. The third kappa shape index (κ3) is 2.73. The summed E-state index contributed by atoms with van der Waals surface area (Å²) < 4.78 is 0. The number of hydrogen-bond donors (Lipinski definition) is 1. The predicted octanol–water partition coefficient (Wildman–Crippen LogP) is 1.41. The highest BCUT2D eigenvalue weighted by Crippen LogP contribution is 2.30. The summed E-state index contributed by atoms with van der Waals surface area (Å²) in [5.41, 5.74) is 0.919. The van der Waals surface area contributed by atoms with Gasteiger partial charge < -0.3 is 10.2 Å². The molecule has 2 rings (SSSR count). The number of nitrogens with two attached hydrogens (primary N) is 1. The number of nitro benzene ring substituents is 1. The molecule has 1 fully saturated rings. The minimum absolute atomic E-state index is 0.0356. The maximum Gasteiger partial charge on any atom is 0.271 e. The summed E-state index contributed by atoms with van der Waals surface area (Å²) in [6, 6.07) is 5.67. The second-order valence-corrected chi connectivity index (χ2v) is 5.35. The van der Waals surface area contributed by atoms with Crippen molar-refractivity contribution in [2.75, 3.05) is 18.0 Å². The minimum Gasteiger partial charge on any atom is -0.358 e. The highest BCUT2D eigenvalue weighted by molar-refractivity contribution is 6.33. The van der Waals surface area contributed by atoms with Gasteiger partial charge in [-0.25, -0.2) is 0 Å². The van der Waals surface area contributed by atoms with Gasteiger partial charge in [0.2, 0.25) is 0 Å². The van der Waals surface area contributed by atoms with Crippen molar-refractivity contribution in [3.63, 3.8) is 0 Å². The van der Waals surface area contributed by atoms with Crippen molar-refractivity contribution >= 4 is 23.0 Å². The number of quaternary nitrogens is 1. The Bertz CT molecular complexity index is 457. The average molecular weight is 271 g/mol. The Kier molecular flexibility index (Phi) is 3.73. The van der Waals surface area contributed by atoms with Crippen LogP contribution in [-0.2, 0) is 0 Å². The normalized spacial score (nSPS) is 24.1. The van der Waals surface area contributed by atoms with Crippen LogP contribution in [0.5, 0.6) is 0 Å². The zero-order chi connectivity index (χ0) is 13.3. The quantitative estimate of drug-likeness (QED) is 0.653. The molecule has 0 aliphatic carbocycles. The van der Waals surface area contributed by atoms with Crippen LogP contribution >= 0.6 is 11.6 Å². The van der Waals surface area contributed by atoms with Gasteiger partial charge in [-0.05, 0) is 19.9 Å². The van der Waals surface area contributed by atoms with Crippen molar-refractivity contribution in [1.29, 1.82) is 0 Å². The van der Waals surface area contributed by atoms with E-state index < -0.39 is 4.92 Å². The molecule has 0 radical (unpaired) electrons. The molecule has 2 N–H and O–H groups in total. The third-order valence-electron chi connectivity index (χ3n) is 3.16. The van der Waals surface area contributed by atoms with Crippen molar-refractivity contribution in [2.24, 2.45) is 0 Å². The Balaban J connectivity index is 2.25. The Morgan fingerprint density at radius 2 is 2.00 bits per heavy atom. The number of anilines is 1. The van der Waals surface area contributed by atoms with Crippen molar-refractivity contribution < 1.29 is 10.2 Å².